The van der Waals surface area contributed by atoms with Crippen molar-refractivity contribution in [3.8, 4) is 89.0 Å². The Kier molecular flexibility index (Phi) is 15.7. The van der Waals surface area contributed by atoms with E-state index in [4.69, 9.17) is 0 Å². The van der Waals surface area contributed by atoms with E-state index in [0.717, 1.165) is 0 Å². The van der Waals surface area contributed by atoms with Crippen LogP contribution in [-0.2, 0) is 5.41 Å². The molecule has 0 unspecified atom stereocenters. The predicted octanol–water partition coefficient (Wildman–Crippen LogP) is 35.2. The van der Waals surface area contributed by atoms with Gasteiger partial charge in [0.1, 0.15) is 0 Å². The molecule has 1 aliphatic rings. The van der Waals surface area contributed by atoms with E-state index in [1.165, 1.54) is 273 Å². The zero-order valence-electron chi connectivity index (χ0n) is 69.1. The molecule has 0 atom stereocenters. The van der Waals surface area contributed by atoms with Gasteiger partial charge in [0, 0.05) is 5.41 Å². The van der Waals surface area contributed by atoms with Crippen LogP contribution in [0.5, 0.6) is 0 Å². The molecule has 1 aliphatic carbocycles. The summed E-state index contributed by atoms with van der Waals surface area (Å²) >= 11 is 0. The van der Waals surface area contributed by atoms with Gasteiger partial charge >= 0.3 is 0 Å². The van der Waals surface area contributed by atoms with Crippen LogP contribution in [0.3, 0.4) is 0 Å². The highest BCUT2D eigenvalue weighted by Crippen LogP contribution is 2.54. The van der Waals surface area contributed by atoms with Crippen LogP contribution in [-0.4, -0.2) is 0 Å². The Morgan fingerprint density at radius 3 is 0.704 bits per heavy atom. The summed E-state index contributed by atoms with van der Waals surface area (Å²) in [5.41, 5.74) is 23.2. The molecule has 0 radical (unpaired) electrons. The average Bonchev–Trinajstić information content (AvgIpc) is 1.71. The lowest BCUT2D eigenvalue weighted by Gasteiger charge is -2.23. The van der Waals surface area contributed by atoms with E-state index in [-0.39, 0.29) is 5.41 Å². The van der Waals surface area contributed by atoms with Gasteiger partial charge in [-0.15, -0.1) is 0 Å². The summed E-state index contributed by atoms with van der Waals surface area (Å²) in [6.45, 7) is 4.80. The lowest BCUT2D eigenvalue weighted by Crippen LogP contribution is -2.15. The van der Waals surface area contributed by atoms with E-state index in [1.54, 1.807) is 0 Å². The first-order valence-corrected chi connectivity index (χ1v) is 43.8. The minimum absolute atomic E-state index is 0.121. The topological polar surface area (TPSA) is 0 Å². The first-order chi connectivity index (χ1) is 61.7. The maximum Gasteiger partial charge on any atom is 0.0159 e. The van der Waals surface area contributed by atoms with Gasteiger partial charge in [-0.3, -0.25) is 0 Å². The molecule has 28 rings (SSSR count). The highest BCUT2D eigenvalue weighted by Gasteiger charge is 2.37. The first-order valence-electron chi connectivity index (χ1n) is 43.8. The summed E-state index contributed by atoms with van der Waals surface area (Å²) in [4.78, 5) is 0. The summed E-state index contributed by atoms with van der Waals surface area (Å²) < 4.78 is 0. The molecule has 0 saturated heterocycles. The molecule has 0 heteroatoms. The molecule has 0 aliphatic heterocycles. The third-order valence-corrected chi connectivity index (χ3v) is 28.1. The highest BCUT2D eigenvalue weighted by atomic mass is 14.4. The van der Waals surface area contributed by atoms with Crippen molar-refractivity contribution >= 4 is 172 Å². The Bertz CT molecular complexity index is 8510. The normalized spacial score (nSPS) is 12.6. The van der Waals surface area contributed by atoms with Gasteiger partial charge in [-0.05, 0) is 315 Å². The first kappa shape index (κ1) is 70.9. The molecule has 0 saturated carbocycles. The van der Waals surface area contributed by atoms with Crippen molar-refractivity contribution in [2.24, 2.45) is 0 Å². The smallest absolute Gasteiger partial charge is 0.0159 e. The van der Waals surface area contributed by atoms with Crippen molar-refractivity contribution < 1.29 is 0 Å². The van der Waals surface area contributed by atoms with Crippen LogP contribution in [0.2, 0.25) is 0 Å². The fourth-order valence-corrected chi connectivity index (χ4v) is 22.2. The van der Waals surface area contributed by atoms with Gasteiger partial charge in [-0.25, -0.2) is 0 Å². The van der Waals surface area contributed by atoms with Gasteiger partial charge in [-0.2, -0.15) is 0 Å². The molecule has 0 aromatic heterocycles. The van der Waals surface area contributed by atoms with E-state index in [0.29, 0.717) is 0 Å². The monoisotopic (exact) mass is 1580 g/mol. The third kappa shape index (κ3) is 11.0. The van der Waals surface area contributed by atoms with E-state index < -0.39 is 0 Å². The molecule has 125 heavy (non-hydrogen) atoms. The minimum atomic E-state index is -0.121. The number of hydrogen-bond donors (Lipinski definition) is 0. The number of benzene rings is 27. The van der Waals surface area contributed by atoms with Crippen molar-refractivity contribution in [1.29, 1.82) is 0 Å². The van der Waals surface area contributed by atoms with Gasteiger partial charge in [0.05, 0.1) is 0 Å². The molecule has 0 heterocycles. The molecule has 0 amide bonds. The van der Waals surface area contributed by atoms with Crippen molar-refractivity contribution in [2.75, 3.05) is 0 Å². The second kappa shape index (κ2) is 27.6. The lowest BCUT2D eigenvalue weighted by molar-refractivity contribution is 0.661. The third-order valence-electron chi connectivity index (χ3n) is 28.1. The summed E-state index contributed by atoms with van der Waals surface area (Å²) in [5, 5.41) is 42.0. The fourth-order valence-electron chi connectivity index (χ4n) is 22.2. The molecule has 578 valence electrons. The second-order valence-corrected chi connectivity index (χ2v) is 35.2. The zero-order valence-corrected chi connectivity index (χ0v) is 69.1. The maximum atomic E-state index is 2.47. The molecule has 0 N–H and O–H groups in total. The summed E-state index contributed by atoms with van der Waals surface area (Å²) in [6.07, 6.45) is 0. The molecule has 0 nitrogen and oxygen atoms in total. The number of hydrogen-bond acceptors (Lipinski definition) is 0. The Labute approximate surface area is 723 Å². The van der Waals surface area contributed by atoms with Crippen LogP contribution < -0.4 is 0 Å². The molecule has 0 fully saturated rings. The average molecular weight is 1580 g/mol. The summed E-state index contributed by atoms with van der Waals surface area (Å²) in [5.74, 6) is 0. The predicted molar refractivity (Wildman–Crippen MR) is 540 cm³/mol. The van der Waals surface area contributed by atoms with Gasteiger partial charge < -0.3 is 0 Å². The number of rotatable bonds is 7. The highest BCUT2D eigenvalue weighted by molar-refractivity contribution is 6.31. The van der Waals surface area contributed by atoms with Crippen molar-refractivity contribution in [2.45, 2.75) is 19.3 Å². The van der Waals surface area contributed by atoms with Crippen LogP contribution in [0, 0.1) is 0 Å². The fraction of sp³-hybridized carbons (Fsp3) is 0.0240. The van der Waals surface area contributed by atoms with Crippen molar-refractivity contribution in [3.63, 3.8) is 0 Å². The Morgan fingerprint density at radius 2 is 0.368 bits per heavy atom. The van der Waals surface area contributed by atoms with E-state index in [9.17, 15) is 0 Å². The molecule has 0 bridgehead atoms. The van der Waals surface area contributed by atoms with E-state index >= 15 is 0 Å². The standard InChI is InChI=1S/C47H30.C44H26.C34H22/c1-47(2)41-25-33(35-19-13-31-11-9-27-5-3-7-29-15-23-39(35)45(31)43(27)29)17-21-37(41)38-22-18-34(26-42(38)47)36-20-14-32-12-10-28-6-4-8-30-16-24-40(36)46(32)44(28)30;1-2-6-27(7-3-1)34-24-35(37-20-16-32-14-12-28-8-4-10-30-18-22-39(37)43(32)41(28)30)26-36(25-34)38-21-17-33-15-13-29-9-5-11-31-19-23-40(38)44(33)42(29)31;1-3-11-25-21-27(19-17-23(25)9-1)33-29-13-5-7-15-31(29)34(32-16-8-6-14-30(32)33)28-20-18-24-10-2-4-12-26(24)22-28/h3-26H,1-2H3;1-26H;1-22H. The Balaban J connectivity index is 0.000000101. The Hall–Kier alpha value is -15.9. The molecule has 27 aromatic carbocycles. The van der Waals surface area contributed by atoms with Crippen LogP contribution in [0.25, 0.3) is 261 Å². The quantitative estimate of drug-likeness (QED) is 0.110. The van der Waals surface area contributed by atoms with Gasteiger partial charge in [0.2, 0.25) is 0 Å². The molecular weight excluding hydrogens is 1500 g/mol. The zero-order chi connectivity index (χ0) is 82.3. The van der Waals surface area contributed by atoms with Gasteiger partial charge in [0.25, 0.3) is 0 Å². The Morgan fingerprint density at radius 1 is 0.128 bits per heavy atom. The second-order valence-electron chi connectivity index (χ2n) is 35.2. The largest absolute Gasteiger partial charge is 0.0622 e. The molecular formula is C125H78. The van der Waals surface area contributed by atoms with Crippen LogP contribution in [0.4, 0.5) is 0 Å². The summed E-state index contributed by atoms with van der Waals surface area (Å²) in [6, 6.07) is 163. The van der Waals surface area contributed by atoms with Gasteiger partial charge in [0.15, 0.2) is 0 Å². The van der Waals surface area contributed by atoms with Crippen LogP contribution >= 0.6 is 0 Å². The molecule has 27 aromatic rings. The number of fused-ring (bicyclic) bond motifs is 7. The van der Waals surface area contributed by atoms with Crippen molar-refractivity contribution in [3.05, 3.63) is 448 Å². The van der Waals surface area contributed by atoms with Gasteiger partial charge in [-0.1, -0.05) is 408 Å². The summed E-state index contributed by atoms with van der Waals surface area (Å²) in [7, 11) is 0. The van der Waals surface area contributed by atoms with Crippen LogP contribution in [0.15, 0.2) is 437 Å². The maximum absolute atomic E-state index is 2.47. The van der Waals surface area contributed by atoms with E-state index in [2.05, 4.69) is 451 Å². The van der Waals surface area contributed by atoms with Crippen LogP contribution in [0.1, 0.15) is 25.0 Å². The lowest BCUT2D eigenvalue weighted by atomic mass is 9.80. The molecule has 0 spiro atoms. The van der Waals surface area contributed by atoms with E-state index in [1.807, 2.05) is 0 Å². The SMILES string of the molecule is CC1(C)c2cc(-c3ccc4ccc5cccc6ccc3c4c56)ccc2-c2ccc(-c3ccc4ccc5cccc6ccc3c4c56)cc21.c1ccc(-c2cc(-c3ccc4ccc5cccc6ccc3c4c56)cc(-c3ccc4ccc5cccc6ccc3c4c56)c2)cc1.c1ccc2cc(-c3c4ccccc4c(-c4ccc5ccccc5c4)c4ccccc34)ccc2c1. The minimum Gasteiger partial charge on any atom is -0.0622 e. The van der Waals surface area contributed by atoms with Crippen molar-refractivity contribution in [1.82, 2.24) is 0 Å².